The second-order valence-corrected chi connectivity index (χ2v) is 8.50. The van der Waals surface area contributed by atoms with Crippen LogP contribution in [0.3, 0.4) is 0 Å². The van der Waals surface area contributed by atoms with Gasteiger partial charge in [-0.1, -0.05) is 79.0 Å². The van der Waals surface area contributed by atoms with E-state index >= 15 is 0 Å². The van der Waals surface area contributed by atoms with Gasteiger partial charge in [-0.2, -0.15) is 4.57 Å². The van der Waals surface area contributed by atoms with Crippen LogP contribution in [0.25, 0.3) is 17.0 Å². The van der Waals surface area contributed by atoms with Gasteiger partial charge in [-0.3, -0.25) is 0 Å². The van der Waals surface area contributed by atoms with Crippen molar-refractivity contribution in [1.82, 2.24) is 0 Å². The minimum absolute atomic E-state index is 0.421. The Morgan fingerprint density at radius 2 is 1.65 bits per heavy atom. The molecule has 150 valence electrons. The largest absolute Gasteiger partial charge is 0.325 e. The van der Waals surface area contributed by atoms with Crippen molar-refractivity contribution >= 4 is 17.0 Å². The predicted octanol–water partition coefficient (Wildman–Crippen LogP) is 5.13. The number of pyridine rings is 1. The Hall–Kier alpha value is -3.49. The van der Waals surface area contributed by atoms with Crippen LogP contribution < -0.4 is 10.3 Å². The van der Waals surface area contributed by atoms with Gasteiger partial charge in [0.05, 0.1) is 11.9 Å². The maximum absolute atomic E-state index is 5.81. The van der Waals surface area contributed by atoms with E-state index in [0.29, 0.717) is 18.4 Å². The van der Waals surface area contributed by atoms with E-state index in [2.05, 4.69) is 108 Å². The van der Waals surface area contributed by atoms with E-state index in [1.165, 1.54) is 44.3 Å². The highest BCUT2D eigenvalue weighted by Gasteiger charge is 2.38. The van der Waals surface area contributed by atoms with Crippen molar-refractivity contribution in [3.05, 3.63) is 131 Å². The molecule has 2 N–H and O–H groups in total. The molecule has 2 nitrogen and oxygen atoms in total. The first-order valence-electron chi connectivity index (χ1n) is 11.0. The van der Waals surface area contributed by atoms with Crippen LogP contribution in [0.4, 0.5) is 0 Å². The third-order valence-electron chi connectivity index (χ3n) is 6.78. The average molecular weight is 402 g/mol. The summed E-state index contributed by atoms with van der Waals surface area (Å²) in [6.45, 7) is 1.46. The van der Waals surface area contributed by atoms with Crippen molar-refractivity contribution in [2.75, 3.05) is 6.54 Å². The summed E-state index contributed by atoms with van der Waals surface area (Å²) < 4.78 is 2.23. The molecule has 0 aliphatic heterocycles. The zero-order valence-electron chi connectivity index (χ0n) is 17.4. The fourth-order valence-electron chi connectivity index (χ4n) is 5.38. The van der Waals surface area contributed by atoms with Gasteiger partial charge < -0.3 is 5.73 Å². The van der Waals surface area contributed by atoms with Crippen molar-refractivity contribution in [3.8, 4) is 0 Å². The van der Waals surface area contributed by atoms with E-state index in [1.54, 1.807) is 0 Å². The number of allylic oxidation sites excluding steroid dienone is 15. The summed E-state index contributed by atoms with van der Waals surface area (Å²) in [7, 11) is 0. The van der Waals surface area contributed by atoms with Crippen LogP contribution in [-0.2, 0) is 6.54 Å². The van der Waals surface area contributed by atoms with Crippen LogP contribution in [0.2, 0.25) is 0 Å². The highest BCUT2D eigenvalue weighted by atomic mass is 15.0. The lowest BCUT2D eigenvalue weighted by Crippen LogP contribution is -2.37. The number of hydrogen-bond donors (Lipinski definition) is 1. The summed E-state index contributed by atoms with van der Waals surface area (Å²) in [5.74, 6) is 0.871. The molecule has 1 aromatic heterocycles. The lowest BCUT2D eigenvalue weighted by molar-refractivity contribution is -0.668. The highest BCUT2D eigenvalue weighted by Crippen LogP contribution is 2.50. The molecule has 2 unspecified atom stereocenters. The Morgan fingerprint density at radius 3 is 2.52 bits per heavy atom. The van der Waals surface area contributed by atoms with Crippen LogP contribution in [0, 0.1) is 11.8 Å². The summed E-state index contributed by atoms with van der Waals surface area (Å²) in [4.78, 5) is 0. The van der Waals surface area contributed by atoms with E-state index in [0.717, 1.165) is 6.54 Å². The van der Waals surface area contributed by atoms with Gasteiger partial charge in [0.15, 0.2) is 12.7 Å². The molecule has 2 aromatic rings. The number of nitrogens with two attached hydrogens (primary N) is 1. The van der Waals surface area contributed by atoms with E-state index in [-0.39, 0.29) is 0 Å². The molecule has 1 heterocycles. The second-order valence-electron chi connectivity index (χ2n) is 8.50. The lowest BCUT2D eigenvalue weighted by Gasteiger charge is -2.41. The molecule has 4 aliphatic rings. The standard InChI is InChI=1S/C29H25N2/c30-16-18-31-17-15-20(25-8-1-2-10-27(25)31)11-14-23-19-24-7-3-5-21-12-13-22-6-4-9-26(23)29(22)28(21)24/h1-15,17,19,28-29H,16,18,30H2/q+1/b14-11+. The zero-order chi connectivity index (χ0) is 20.8. The molecule has 31 heavy (non-hydrogen) atoms. The molecule has 6 rings (SSSR count). The van der Waals surface area contributed by atoms with E-state index in [4.69, 9.17) is 5.73 Å². The van der Waals surface area contributed by atoms with Crippen molar-refractivity contribution in [2.45, 2.75) is 6.54 Å². The van der Waals surface area contributed by atoms with Gasteiger partial charge in [0.2, 0.25) is 5.52 Å². The zero-order valence-corrected chi connectivity index (χ0v) is 17.4. The number of nitrogens with zero attached hydrogens (tertiary/aromatic N) is 1. The summed E-state index contributed by atoms with van der Waals surface area (Å²) in [5.41, 5.74) is 15.2. The SMILES string of the molecule is NCC[n+]1ccc(/C=C/C2=CC3=CC=CC4=CC=C5C=CC=C2C5C43)c2ccccc21. The monoisotopic (exact) mass is 401 g/mol. The molecule has 0 spiro atoms. The Morgan fingerprint density at radius 1 is 0.839 bits per heavy atom. The van der Waals surface area contributed by atoms with Crippen LogP contribution >= 0.6 is 0 Å². The third kappa shape index (κ3) is 2.95. The van der Waals surface area contributed by atoms with E-state index in [9.17, 15) is 0 Å². The predicted molar refractivity (Wildman–Crippen MR) is 128 cm³/mol. The lowest BCUT2D eigenvalue weighted by atomic mass is 9.62. The van der Waals surface area contributed by atoms with Crippen LogP contribution in [0.5, 0.6) is 0 Å². The molecule has 1 aromatic carbocycles. The Balaban J connectivity index is 1.44. The van der Waals surface area contributed by atoms with Gasteiger partial charge in [-0.05, 0) is 39.5 Å². The van der Waals surface area contributed by atoms with Gasteiger partial charge in [0.1, 0.15) is 0 Å². The Kier molecular flexibility index (Phi) is 4.33. The van der Waals surface area contributed by atoms with Gasteiger partial charge in [-0.15, -0.1) is 0 Å². The van der Waals surface area contributed by atoms with Gasteiger partial charge in [0, 0.05) is 24.0 Å². The minimum atomic E-state index is 0.421. The second kappa shape index (κ2) is 7.33. The molecular weight excluding hydrogens is 376 g/mol. The fraction of sp³-hybridized carbons (Fsp3) is 0.138. The summed E-state index contributed by atoms with van der Waals surface area (Å²) >= 11 is 0. The van der Waals surface area contributed by atoms with Crippen LogP contribution in [-0.4, -0.2) is 6.54 Å². The maximum atomic E-state index is 5.81. The molecule has 0 saturated carbocycles. The molecule has 0 saturated heterocycles. The Bertz CT molecular complexity index is 1340. The Labute approximate surface area is 183 Å². The fourth-order valence-corrected chi connectivity index (χ4v) is 5.38. The molecule has 4 aliphatic carbocycles. The molecule has 2 atom stereocenters. The van der Waals surface area contributed by atoms with E-state index in [1.807, 2.05) is 0 Å². The first-order valence-corrected chi connectivity index (χ1v) is 11.0. The van der Waals surface area contributed by atoms with Crippen LogP contribution in [0.1, 0.15) is 5.56 Å². The van der Waals surface area contributed by atoms with Crippen LogP contribution in [0.15, 0.2) is 125 Å². The number of aromatic nitrogens is 1. The summed E-state index contributed by atoms with van der Waals surface area (Å²) in [6, 6.07) is 10.8. The third-order valence-corrected chi connectivity index (χ3v) is 6.78. The van der Waals surface area contributed by atoms with Crippen molar-refractivity contribution in [3.63, 3.8) is 0 Å². The smallest absolute Gasteiger partial charge is 0.213 e. The first kappa shape index (κ1) is 18.3. The normalized spacial score (nSPS) is 23.2. The van der Waals surface area contributed by atoms with Crippen molar-refractivity contribution in [2.24, 2.45) is 17.6 Å². The number of rotatable bonds is 4. The molecule has 0 bridgehead atoms. The number of hydrogen-bond acceptors (Lipinski definition) is 1. The summed E-state index contributed by atoms with van der Waals surface area (Å²) in [5, 5.41) is 1.25. The molecule has 0 radical (unpaired) electrons. The minimum Gasteiger partial charge on any atom is -0.325 e. The topological polar surface area (TPSA) is 29.9 Å². The maximum Gasteiger partial charge on any atom is 0.213 e. The quantitative estimate of drug-likeness (QED) is 0.707. The van der Waals surface area contributed by atoms with Gasteiger partial charge in [0.25, 0.3) is 0 Å². The summed E-state index contributed by atoms with van der Waals surface area (Å²) in [6.07, 6.45) is 27.2. The molecule has 2 heteroatoms. The number of fused-ring (bicyclic) bond motifs is 1. The highest BCUT2D eigenvalue weighted by molar-refractivity contribution is 5.86. The molecule has 0 fully saturated rings. The van der Waals surface area contributed by atoms with Gasteiger partial charge >= 0.3 is 0 Å². The van der Waals surface area contributed by atoms with Crippen molar-refractivity contribution in [1.29, 1.82) is 0 Å². The average Bonchev–Trinajstić information content (AvgIpc) is 2.82. The first-order chi connectivity index (χ1) is 15.3. The molecular formula is C29H25N2+. The molecule has 0 amide bonds. The number of benzene rings is 1. The van der Waals surface area contributed by atoms with Gasteiger partial charge in [-0.25, -0.2) is 0 Å². The van der Waals surface area contributed by atoms with Crippen molar-refractivity contribution < 1.29 is 4.57 Å². The number of para-hydroxylation sites is 1. The van der Waals surface area contributed by atoms with E-state index < -0.39 is 0 Å².